The molecule has 0 saturated carbocycles. The predicted molar refractivity (Wildman–Crippen MR) is 94.6 cm³/mol. The highest BCUT2D eigenvalue weighted by Gasteiger charge is 2.16. The van der Waals surface area contributed by atoms with Crippen LogP contribution in [0.1, 0.15) is 96.8 Å². The van der Waals surface area contributed by atoms with Gasteiger partial charge < -0.3 is 10.8 Å². The standard InChI is InChI=1S/C18H36N2O3/c1-2-3-4-5-6-7-8-9-10-11-12-13-14-15-16-20(17(19)21)18(22)23/h2-16H2,1H3,(H2,19,21)(H,22,23). The monoisotopic (exact) mass is 328 g/mol. The Morgan fingerprint density at radius 1 is 0.739 bits per heavy atom. The fourth-order valence-corrected chi connectivity index (χ4v) is 2.76. The molecule has 0 bridgehead atoms. The number of primary amides is 1. The molecule has 0 saturated heterocycles. The van der Waals surface area contributed by atoms with E-state index in [1.54, 1.807) is 0 Å². The van der Waals surface area contributed by atoms with Crippen LogP contribution in [0.25, 0.3) is 0 Å². The van der Waals surface area contributed by atoms with Crippen LogP contribution < -0.4 is 5.73 Å². The van der Waals surface area contributed by atoms with Crippen molar-refractivity contribution in [1.82, 2.24) is 4.90 Å². The van der Waals surface area contributed by atoms with Gasteiger partial charge in [0.1, 0.15) is 0 Å². The lowest BCUT2D eigenvalue weighted by Crippen LogP contribution is -2.40. The lowest BCUT2D eigenvalue weighted by atomic mass is 10.0. The van der Waals surface area contributed by atoms with Crippen molar-refractivity contribution in [2.24, 2.45) is 5.73 Å². The second-order valence-corrected chi connectivity index (χ2v) is 6.37. The summed E-state index contributed by atoms with van der Waals surface area (Å²) in [4.78, 5) is 22.3. The van der Waals surface area contributed by atoms with Crippen molar-refractivity contribution in [3.63, 3.8) is 0 Å². The SMILES string of the molecule is CCCCCCCCCCCCCCCCN(C(N)=O)C(=O)O. The fraction of sp³-hybridized carbons (Fsp3) is 0.889. The van der Waals surface area contributed by atoms with Crippen molar-refractivity contribution in [1.29, 1.82) is 0 Å². The highest BCUT2D eigenvalue weighted by atomic mass is 16.4. The van der Waals surface area contributed by atoms with E-state index in [1.165, 1.54) is 70.6 Å². The first-order chi connectivity index (χ1) is 11.1. The molecule has 0 aliphatic carbocycles. The Balaban J connectivity index is 3.24. The van der Waals surface area contributed by atoms with Crippen molar-refractivity contribution < 1.29 is 14.7 Å². The van der Waals surface area contributed by atoms with Crippen LogP contribution in [0.2, 0.25) is 0 Å². The molecule has 0 rings (SSSR count). The smallest absolute Gasteiger partial charge is 0.415 e. The van der Waals surface area contributed by atoms with Crippen LogP contribution in [0.4, 0.5) is 9.59 Å². The lowest BCUT2D eigenvalue weighted by Gasteiger charge is -2.13. The number of carbonyl (C=O) groups excluding carboxylic acids is 1. The first kappa shape index (κ1) is 21.7. The summed E-state index contributed by atoms with van der Waals surface area (Å²) >= 11 is 0. The Morgan fingerprint density at radius 2 is 1.09 bits per heavy atom. The fourth-order valence-electron chi connectivity index (χ4n) is 2.76. The van der Waals surface area contributed by atoms with Crippen LogP contribution in [-0.2, 0) is 0 Å². The third kappa shape index (κ3) is 14.1. The molecule has 0 unspecified atom stereocenters. The van der Waals surface area contributed by atoms with Crippen LogP contribution in [0.3, 0.4) is 0 Å². The molecule has 23 heavy (non-hydrogen) atoms. The first-order valence-electron chi connectivity index (χ1n) is 9.39. The van der Waals surface area contributed by atoms with E-state index in [0.717, 1.165) is 12.8 Å². The van der Waals surface area contributed by atoms with Crippen molar-refractivity contribution in [3.05, 3.63) is 0 Å². The summed E-state index contributed by atoms with van der Waals surface area (Å²) in [5, 5.41) is 8.77. The van der Waals surface area contributed by atoms with E-state index in [4.69, 9.17) is 10.8 Å². The zero-order valence-corrected chi connectivity index (χ0v) is 14.9. The van der Waals surface area contributed by atoms with E-state index in [1.807, 2.05) is 0 Å². The van der Waals surface area contributed by atoms with E-state index in [0.29, 0.717) is 11.3 Å². The van der Waals surface area contributed by atoms with Gasteiger partial charge in [-0.1, -0.05) is 90.4 Å². The molecule has 136 valence electrons. The van der Waals surface area contributed by atoms with Gasteiger partial charge >= 0.3 is 12.1 Å². The molecule has 0 aromatic rings. The lowest BCUT2D eigenvalue weighted by molar-refractivity contribution is 0.150. The van der Waals surface area contributed by atoms with Gasteiger partial charge in [-0.15, -0.1) is 0 Å². The summed E-state index contributed by atoms with van der Waals surface area (Å²) in [5.74, 6) is 0. The van der Waals surface area contributed by atoms with Crippen LogP contribution in [0.5, 0.6) is 0 Å². The Bertz CT molecular complexity index is 295. The minimum atomic E-state index is -1.26. The summed E-state index contributed by atoms with van der Waals surface area (Å²) in [5.41, 5.74) is 5.00. The molecule has 0 radical (unpaired) electrons. The maximum atomic E-state index is 10.9. The van der Waals surface area contributed by atoms with E-state index >= 15 is 0 Å². The minimum absolute atomic E-state index is 0.211. The Morgan fingerprint density at radius 3 is 1.39 bits per heavy atom. The van der Waals surface area contributed by atoms with Crippen molar-refractivity contribution in [3.8, 4) is 0 Å². The highest BCUT2D eigenvalue weighted by molar-refractivity contribution is 5.88. The van der Waals surface area contributed by atoms with Gasteiger partial charge in [0.2, 0.25) is 0 Å². The number of nitrogens with two attached hydrogens (primary N) is 1. The molecule has 0 heterocycles. The number of urea groups is 1. The molecule has 5 heteroatoms. The molecule has 0 spiro atoms. The largest absolute Gasteiger partial charge is 0.465 e. The number of carboxylic acid groups (broad SMARTS) is 1. The van der Waals surface area contributed by atoms with Gasteiger partial charge in [-0.3, -0.25) is 0 Å². The number of hydrogen-bond acceptors (Lipinski definition) is 2. The van der Waals surface area contributed by atoms with Crippen LogP contribution in [-0.4, -0.2) is 28.7 Å². The van der Waals surface area contributed by atoms with Gasteiger partial charge in [-0.2, -0.15) is 0 Å². The van der Waals surface area contributed by atoms with E-state index < -0.39 is 12.1 Å². The number of hydrogen-bond donors (Lipinski definition) is 2. The Kier molecular flexibility index (Phi) is 14.8. The third-order valence-corrected chi connectivity index (χ3v) is 4.23. The molecule has 0 aliphatic heterocycles. The topological polar surface area (TPSA) is 83.6 Å². The summed E-state index contributed by atoms with van der Waals surface area (Å²) in [6, 6.07) is -0.882. The molecular formula is C18H36N2O3. The summed E-state index contributed by atoms with van der Waals surface area (Å²) in [6.45, 7) is 2.46. The number of rotatable bonds is 15. The van der Waals surface area contributed by atoms with E-state index in [-0.39, 0.29) is 6.54 Å². The average Bonchev–Trinajstić information content (AvgIpc) is 2.50. The molecule has 5 nitrogen and oxygen atoms in total. The summed E-state index contributed by atoms with van der Waals surface area (Å²) < 4.78 is 0. The predicted octanol–water partition coefficient (Wildman–Crippen LogP) is 5.53. The Hall–Kier alpha value is -1.26. The molecule has 0 aliphatic rings. The van der Waals surface area contributed by atoms with Gasteiger partial charge in [-0.25, -0.2) is 14.5 Å². The van der Waals surface area contributed by atoms with Crippen molar-refractivity contribution >= 4 is 12.1 Å². The molecular weight excluding hydrogens is 292 g/mol. The molecule has 0 atom stereocenters. The zero-order valence-electron chi connectivity index (χ0n) is 14.9. The summed E-state index contributed by atoms with van der Waals surface area (Å²) in [6.07, 6.45) is 16.2. The maximum absolute atomic E-state index is 10.9. The second kappa shape index (κ2) is 15.6. The third-order valence-electron chi connectivity index (χ3n) is 4.23. The molecule has 0 aromatic heterocycles. The van der Waals surface area contributed by atoms with Crippen molar-refractivity contribution in [2.45, 2.75) is 96.8 Å². The molecule has 0 fully saturated rings. The normalized spacial score (nSPS) is 10.7. The van der Waals surface area contributed by atoms with Crippen LogP contribution in [0.15, 0.2) is 0 Å². The number of nitrogens with zero attached hydrogens (tertiary/aromatic N) is 1. The molecule has 3 amide bonds. The van der Waals surface area contributed by atoms with Gasteiger partial charge in [0, 0.05) is 6.54 Å². The number of carbonyl (C=O) groups is 2. The minimum Gasteiger partial charge on any atom is -0.465 e. The van der Waals surface area contributed by atoms with E-state index in [2.05, 4.69) is 6.92 Å². The van der Waals surface area contributed by atoms with Crippen LogP contribution >= 0.6 is 0 Å². The first-order valence-corrected chi connectivity index (χ1v) is 9.39. The van der Waals surface area contributed by atoms with Gasteiger partial charge in [0.05, 0.1) is 0 Å². The van der Waals surface area contributed by atoms with Crippen molar-refractivity contribution in [2.75, 3.05) is 6.54 Å². The van der Waals surface area contributed by atoms with E-state index in [9.17, 15) is 9.59 Å². The quantitative estimate of drug-likeness (QED) is 0.388. The number of amides is 3. The number of unbranched alkanes of at least 4 members (excludes halogenated alkanes) is 13. The van der Waals surface area contributed by atoms with Gasteiger partial charge in [-0.05, 0) is 6.42 Å². The molecule has 0 aromatic carbocycles. The maximum Gasteiger partial charge on any atom is 0.415 e. The highest BCUT2D eigenvalue weighted by Crippen LogP contribution is 2.13. The van der Waals surface area contributed by atoms with Gasteiger partial charge in [0.25, 0.3) is 0 Å². The number of imide groups is 1. The average molecular weight is 328 g/mol. The zero-order chi connectivity index (χ0) is 17.3. The Labute approximate surface area is 141 Å². The van der Waals surface area contributed by atoms with Crippen LogP contribution in [0, 0.1) is 0 Å². The summed E-state index contributed by atoms with van der Waals surface area (Å²) in [7, 11) is 0. The second-order valence-electron chi connectivity index (χ2n) is 6.37. The molecule has 3 N–H and O–H groups in total. The van der Waals surface area contributed by atoms with Gasteiger partial charge in [0.15, 0.2) is 0 Å².